The quantitative estimate of drug-likeness (QED) is 0.483. The van der Waals surface area contributed by atoms with Crippen LogP contribution in [0.25, 0.3) is 22.2 Å². The largest absolute Gasteiger partial charge is 0.383 e. The van der Waals surface area contributed by atoms with Crippen LogP contribution in [0.15, 0.2) is 53.8 Å². The molecule has 3 aromatic heterocycles. The van der Waals surface area contributed by atoms with Crippen LogP contribution in [0.4, 0.5) is 5.82 Å². The lowest BCUT2D eigenvalue weighted by Gasteiger charge is -2.10. The van der Waals surface area contributed by atoms with Crippen molar-refractivity contribution in [1.82, 2.24) is 24.9 Å². The molecule has 0 spiro atoms. The van der Waals surface area contributed by atoms with Crippen molar-refractivity contribution in [2.75, 3.05) is 18.9 Å². The van der Waals surface area contributed by atoms with E-state index in [0.29, 0.717) is 34.4 Å². The van der Waals surface area contributed by atoms with Gasteiger partial charge in [0.25, 0.3) is 5.91 Å². The maximum absolute atomic E-state index is 13.1. The highest BCUT2D eigenvalue weighted by molar-refractivity contribution is 6.10. The van der Waals surface area contributed by atoms with Gasteiger partial charge in [-0.3, -0.25) is 9.78 Å². The van der Waals surface area contributed by atoms with E-state index in [1.54, 1.807) is 12.4 Å². The molecule has 9 nitrogen and oxygen atoms in total. The number of aromatic nitrogens is 4. The standard InChI is InChI=1S/C22H21N7O2/c23-20-18(22(30)25-13-15-7-5-11-31-15)19-21(28-17-9-2-1-8-16(17)27-19)29(20)26-12-14-6-3-4-10-24-14/h1-4,6,8-10,12,15H,5,7,11,13,23H2,(H,25,30)/b26-12-/t15-/m0/s1. The van der Waals surface area contributed by atoms with Gasteiger partial charge in [0.15, 0.2) is 5.65 Å². The van der Waals surface area contributed by atoms with Gasteiger partial charge in [0.05, 0.1) is 29.0 Å². The van der Waals surface area contributed by atoms with E-state index in [1.807, 2.05) is 42.5 Å². The zero-order chi connectivity index (χ0) is 21.2. The molecule has 1 aromatic carbocycles. The van der Waals surface area contributed by atoms with E-state index in [2.05, 4.69) is 25.4 Å². The number of para-hydroxylation sites is 2. The van der Waals surface area contributed by atoms with Crippen LogP contribution in [0.3, 0.4) is 0 Å². The molecule has 156 valence electrons. The number of benzene rings is 1. The molecule has 1 aliphatic heterocycles. The predicted molar refractivity (Wildman–Crippen MR) is 118 cm³/mol. The van der Waals surface area contributed by atoms with Crippen LogP contribution in [0.2, 0.25) is 0 Å². The summed E-state index contributed by atoms with van der Waals surface area (Å²) in [7, 11) is 0. The van der Waals surface area contributed by atoms with Crippen LogP contribution >= 0.6 is 0 Å². The lowest BCUT2D eigenvalue weighted by molar-refractivity contribution is 0.0859. The molecule has 4 heterocycles. The Kier molecular flexibility index (Phi) is 5.01. The van der Waals surface area contributed by atoms with Crippen molar-refractivity contribution in [1.29, 1.82) is 0 Å². The summed E-state index contributed by atoms with van der Waals surface area (Å²) in [5.41, 5.74) is 9.47. The molecule has 5 rings (SSSR count). The van der Waals surface area contributed by atoms with E-state index >= 15 is 0 Å². The Morgan fingerprint density at radius 1 is 1.23 bits per heavy atom. The number of hydrogen-bond donors (Lipinski definition) is 2. The topological polar surface area (TPSA) is 120 Å². The maximum atomic E-state index is 13.1. The molecule has 31 heavy (non-hydrogen) atoms. The Morgan fingerprint density at radius 3 is 2.77 bits per heavy atom. The summed E-state index contributed by atoms with van der Waals surface area (Å²) < 4.78 is 7.03. The van der Waals surface area contributed by atoms with Gasteiger partial charge < -0.3 is 15.8 Å². The first-order valence-electron chi connectivity index (χ1n) is 10.1. The number of carbonyl (C=O) groups is 1. The number of nitrogen functional groups attached to an aromatic ring is 1. The second-order valence-electron chi connectivity index (χ2n) is 7.30. The Bertz CT molecular complexity index is 1280. The van der Waals surface area contributed by atoms with E-state index in [-0.39, 0.29) is 23.4 Å². The Morgan fingerprint density at radius 2 is 2.03 bits per heavy atom. The van der Waals surface area contributed by atoms with Crippen molar-refractivity contribution in [3.63, 3.8) is 0 Å². The maximum Gasteiger partial charge on any atom is 0.257 e. The Labute approximate surface area is 178 Å². The number of amides is 1. The van der Waals surface area contributed by atoms with Crippen molar-refractivity contribution in [2.45, 2.75) is 18.9 Å². The summed E-state index contributed by atoms with van der Waals surface area (Å²) in [4.78, 5) is 26.6. The molecule has 9 heteroatoms. The summed E-state index contributed by atoms with van der Waals surface area (Å²) in [5, 5.41) is 7.37. The lowest BCUT2D eigenvalue weighted by Crippen LogP contribution is -2.32. The van der Waals surface area contributed by atoms with Gasteiger partial charge in [-0.2, -0.15) is 9.78 Å². The van der Waals surface area contributed by atoms with E-state index in [9.17, 15) is 4.79 Å². The monoisotopic (exact) mass is 415 g/mol. The van der Waals surface area contributed by atoms with Gasteiger partial charge in [-0.05, 0) is 37.1 Å². The van der Waals surface area contributed by atoms with Gasteiger partial charge in [-0.1, -0.05) is 18.2 Å². The second kappa shape index (κ2) is 8.11. The average Bonchev–Trinajstić information content (AvgIpc) is 3.41. The third-order valence-corrected chi connectivity index (χ3v) is 5.21. The van der Waals surface area contributed by atoms with Crippen LogP contribution in [0, 0.1) is 0 Å². The minimum absolute atomic E-state index is 0.0209. The molecule has 0 bridgehead atoms. The zero-order valence-electron chi connectivity index (χ0n) is 16.7. The van der Waals surface area contributed by atoms with Gasteiger partial charge in [-0.15, -0.1) is 0 Å². The number of nitrogens with two attached hydrogens (primary N) is 1. The normalized spacial score (nSPS) is 16.5. The van der Waals surface area contributed by atoms with Gasteiger partial charge in [0.1, 0.15) is 16.9 Å². The third kappa shape index (κ3) is 3.71. The van der Waals surface area contributed by atoms with Crippen LogP contribution in [-0.4, -0.2) is 51.0 Å². The number of fused-ring (bicyclic) bond motifs is 2. The number of pyridine rings is 1. The number of anilines is 1. The first kappa shape index (κ1) is 19.1. The molecule has 1 atom stereocenters. The molecule has 1 aliphatic rings. The number of rotatable bonds is 5. The molecule has 1 saturated heterocycles. The second-order valence-corrected chi connectivity index (χ2v) is 7.30. The van der Waals surface area contributed by atoms with Crippen LogP contribution in [0.1, 0.15) is 28.9 Å². The fourth-order valence-electron chi connectivity index (χ4n) is 3.66. The minimum Gasteiger partial charge on any atom is -0.383 e. The SMILES string of the molecule is Nc1c(C(=O)NC[C@@H]2CCCO2)c2nc3ccccc3nc2n1/N=C\c1ccccn1. The molecule has 0 saturated carbocycles. The smallest absolute Gasteiger partial charge is 0.257 e. The summed E-state index contributed by atoms with van der Waals surface area (Å²) in [5.74, 6) is -0.156. The molecule has 0 aliphatic carbocycles. The van der Waals surface area contributed by atoms with Gasteiger partial charge in [-0.25, -0.2) is 9.97 Å². The number of hydrogen-bond acceptors (Lipinski definition) is 7. The minimum atomic E-state index is -0.325. The number of carbonyl (C=O) groups excluding carboxylic acids is 1. The average molecular weight is 415 g/mol. The number of nitrogens with zero attached hydrogens (tertiary/aromatic N) is 5. The van der Waals surface area contributed by atoms with Gasteiger partial charge in [0, 0.05) is 19.3 Å². The molecular weight excluding hydrogens is 394 g/mol. The molecule has 0 radical (unpaired) electrons. The Hall–Kier alpha value is -3.85. The van der Waals surface area contributed by atoms with E-state index in [4.69, 9.17) is 10.5 Å². The summed E-state index contributed by atoms with van der Waals surface area (Å²) >= 11 is 0. The molecular formula is C22H21N7O2. The fraction of sp³-hybridized carbons (Fsp3) is 0.227. The van der Waals surface area contributed by atoms with Gasteiger partial charge in [0.2, 0.25) is 0 Å². The van der Waals surface area contributed by atoms with Crippen molar-refractivity contribution < 1.29 is 9.53 Å². The van der Waals surface area contributed by atoms with Crippen molar-refractivity contribution in [2.24, 2.45) is 5.10 Å². The molecule has 3 N–H and O–H groups in total. The van der Waals surface area contributed by atoms with E-state index in [1.165, 1.54) is 4.68 Å². The summed E-state index contributed by atoms with van der Waals surface area (Å²) in [6, 6.07) is 13.0. The third-order valence-electron chi connectivity index (χ3n) is 5.21. The Balaban J connectivity index is 1.59. The highest BCUT2D eigenvalue weighted by atomic mass is 16.5. The number of ether oxygens (including phenoxy) is 1. The molecule has 4 aromatic rings. The molecule has 1 amide bonds. The van der Waals surface area contributed by atoms with E-state index < -0.39 is 0 Å². The van der Waals surface area contributed by atoms with E-state index in [0.717, 1.165) is 19.4 Å². The van der Waals surface area contributed by atoms with Crippen molar-refractivity contribution in [3.8, 4) is 0 Å². The van der Waals surface area contributed by atoms with Crippen molar-refractivity contribution in [3.05, 3.63) is 59.9 Å². The van der Waals surface area contributed by atoms with Gasteiger partial charge >= 0.3 is 0 Å². The highest BCUT2D eigenvalue weighted by Crippen LogP contribution is 2.28. The zero-order valence-corrected chi connectivity index (χ0v) is 16.7. The lowest BCUT2D eigenvalue weighted by atomic mass is 10.2. The van der Waals surface area contributed by atoms with Crippen LogP contribution < -0.4 is 11.1 Å². The predicted octanol–water partition coefficient (Wildman–Crippen LogP) is 2.35. The highest BCUT2D eigenvalue weighted by Gasteiger charge is 2.25. The summed E-state index contributed by atoms with van der Waals surface area (Å²) in [6.07, 6.45) is 5.20. The van der Waals surface area contributed by atoms with Crippen LogP contribution in [-0.2, 0) is 4.74 Å². The molecule has 1 fully saturated rings. The number of nitrogens with one attached hydrogen (secondary N) is 1. The first-order chi connectivity index (χ1) is 15.2. The first-order valence-corrected chi connectivity index (χ1v) is 10.1. The summed E-state index contributed by atoms with van der Waals surface area (Å²) in [6.45, 7) is 1.14. The van der Waals surface area contributed by atoms with Crippen molar-refractivity contribution >= 4 is 40.1 Å². The molecule has 0 unspecified atom stereocenters. The fourth-order valence-corrected chi connectivity index (χ4v) is 3.66. The van der Waals surface area contributed by atoms with Crippen LogP contribution in [0.5, 0.6) is 0 Å².